The lowest BCUT2D eigenvalue weighted by Crippen LogP contribution is -2.59. The van der Waals surface area contributed by atoms with E-state index in [1.165, 1.54) is 37.5 Å². The molecule has 4 aliphatic rings. The van der Waals surface area contributed by atoms with E-state index in [1.807, 2.05) is 0 Å². The minimum Gasteiger partial charge on any atom is -0.468 e. The van der Waals surface area contributed by atoms with Gasteiger partial charge in [0.05, 0.1) is 12.5 Å². The predicted molar refractivity (Wildman–Crippen MR) is 95.0 cm³/mol. The number of esters is 1. The lowest BCUT2D eigenvalue weighted by Gasteiger charge is -2.61. The first-order valence-electron chi connectivity index (χ1n) is 9.37. The van der Waals surface area contributed by atoms with Gasteiger partial charge in [0, 0.05) is 0 Å². The summed E-state index contributed by atoms with van der Waals surface area (Å²) in [5, 5.41) is 2.85. The molecule has 134 valence electrons. The van der Waals surface area contributed by atoms with Gasteiger partial charge in [-0.3, -0.25) is 9.59 Å². The molecule has 0 radical (unpaired) electrons. The second-order valence-corrected chi connectivity index (χ2v) is 8.65. The summed E-state index contributed by atoms with van der Waals surface area (Å²) < 4.78 is 4.67. The Morgan fingerprint density at radius 1 is 1.12 bits per heavy atom. The van der Waals surface area contributed by atoms with Gasteiger partial charge in [0.1, 0.15) is 6.54 Å². The normalized spacial score (nSPS) is 35.4. The highest BCUT2D eigenvalue weighted by molar-refractivity contribution is 5.87. The first kappa shape index (κ1) is 16.6. The van der Waals surface area contributed by atoms with Crippen molar-refractivity contribution in [1.82, 2.24) is 5.32 Å². The monoisotopic (exact) mass is 341 g/mol. The summed E-state index contributed by atoms with van der Waals surface area (Å²) in [5.74, 6) is 0.938. The number of amides is 1. The zero-order valence-corrected chi connectivity index (χ0v) is 15.1. The van der Waals surface area contributed by atoms with E-state index in [-0.39, 0.29) is 29.3 Å². The highest BCUT2D eigenvalue weighted by atomic mass is 16.5. The van der Waals surface area contributed by atoms with Crippen LogP contribution in [0.2, 0.25) is 0 Å². The molecule has 1 aromatic rings. The Bertz CT molecular complexity index is 680. The zero-order chi connectivity index (χ0) is 17.7. The summed E-state index contributed by atoms with van der Waals surface area (Å²) in [6, 6.07) is 8.92. The summed E-state index contributed by atoms with van der Waals surface area (Å²) in [6.45, 7) is 2.09. The molecule has 0 heterocycles. The molecule has 4 heteroatoms. The molecule has 0 aliphatic heterocycles. The number of carbonyl (C=O) groups excluding carboxylic acids is 2. The van der Waals surface area contributed by atoms with Crippen LogP contribution in [0.3, 0.4) is 0 Å². The van der Waals surface area contributed by atoms with Crippen LogP contribution in [0.5, 0.6) is 0 Å². The Balaban J connectivity index is 1.61. The van der Waals surface area contributed by atoms with E-state index < -0.39 is 0 Å². The number of rotatable bonds is 4. The van der Waals surface area contributed by atoms with Crippen molar-refractivity contribution in [1.29, 1.82) is 0 Å². The van der Waals surface area contributed by atoms with Crippen LogP contribution in [0, 0.1) is 24.2 Å². The SMILES string of the molecule is COC(=O)CNC(=O)C12C[C@H]3C[C@H](C1)CC(c1ccc(C)cc1)(C3)C2. The van der Waals surface area contributed by atoms with E-state index in [0.717, 1.165) is 19.3 Å². The molecular weight excluding hydrogens is 314 g/mol. The third-order valence-electron chi connectivity index (χ3n) is 6.83. The van der Waals surface area contributed by atoms with Crippen molar-refractivity contribution in [3.8, 4) is 0 Å². The number of ether oxygens (including phenoxy) is 1. The summed E-state index contributed by atoms with van der Waals surface area (Å²) in [7, 11) is 1.35. The fourth-order valence-corrected chi connectivity index (χ4v) is 6.19. The fourth-order valence-electron chi connectivity index (χ4n) is 6.19. The van der Waals surface area contributed by atoms with Gasteiger partial charge in [-0.25, -0.2) is 0 Å². The van der Waals surface area contributed by atoms with Crippen molar-refractivity contribution in [2.24, 2.45) is 17.3 Å². The number of carbonyl (C=O) groups is 2. The molecule has 0 unspecified atom stereocenters. The van der Waals surface area contributed by atoms with E-state index in [9.17, 15) is 9.59 Å². The first-order chi connectivity index (χ1) is 11.9. The van der Waals surface area contributed by atoms with Gasteiger partial charge in [-0.1, -0.05) is 29.8 Å². The molecule has 2 atom stereocenters. The maximum Gasteiger partial charge on any atom is 0.325 e. The molecule has 1 N–H and O–H groups in total. The topological polar surface area (TPSA) is 55.4 Å². The van der Waals surface area contributed by atoms with Gasteiger partial charge in [0.15, 0.2) is 0 Å². The molecular formula is C21H27NO3. The largest absolute Gasteiger partial charge is 0.468 e. The van der Waals surface area contributed by atoms with E-state index in [4.69, 9.17) is 0 Å². The number of benzene rings is 1. The minimum atomic E-state index is -0.383. The molecule has 0 spiro atoms. The summed E-state index contributed by atoms with van der Waals surface area (Å²) >= 11 is 0. The Labute approximate surface area is 149 Å². The molecule has 4 aliphatic carbocycles. The third-order valence-corrected chi connectivity index (χ3v) is 6.83. The second kappa shape index (κ2) is 5.86. The van der Waals surface area contributed by atoms with Gasteiger partial charge >= 0.3 is 5.97 Å². The van der Waals surface area contributed by atoms with Gasteiger partial charge in [-0.05, 0) is 68.3 Å². The van der Waals surface area contributed by atoms with Crippen molar-refractivity contribution < 1.29 is 14.3 Å². The van der Waals surface area contributed by atoms with Crippen LogP contribution >= 0.6 is 0 Å². The van der Waals surface area contributed by atoms with Gasteiger partial charge in [0.2, 0.25) is 5.91 Å². The average Bonchev–Trinajstić information content (AvgIpc) is 2.58. The highest BCUT2D eigenvalue weighted by Gasteiger charge is 2.60. The standard InChI is InChI=1S/C21H27NO3/c1-14-3-5-17(6-4-14)20-8-15-7-16(9-20)11-21(10-15,13-20)19(24)22-12-18(23)25-2/h3-6,15-16H,7-13H2,1-2H3,(H,22,24)/t15-,16-,20?,21?/m0/s1. The lowest BCUT2D eigenvalue weighted by molar-refractivity contribution is -0.152. The number of hydrogen-bond acceptors (Lipinski definition) is 3. The summed E-state index contributed by atoms with van der Waals surface area (Å²) in [5.41, 5.74) is 2.51. The van der Waals surface area contributed by atoms with E-state index in [0.29, 0.717) is 11.8 Å². The Morgan fingerprint density at radius 2 is 1.76 bits per heavy atom. The third kappa shape index (κ3) is 2.76. The molecule has 1 amide bonds. The van der Waals surface area contributed by atoms with Crippen LogP contribution in [-0.2, 0) is 19.7 Å². The number of nitrogens with one attached hydrogen (secondary N) is 1. The fraction of sp³-hybridized carbons (Fsp3) is 0.619. The van der Waals surface area contributed by atoms with Crippen LogP contribution in [0.25, 0.3) is 0 Å². The lowest BCUT2D eigenvalue weighted by atomic mass is 9.42. The van der Waals surface area contributed by atoms with Gasteiger partial charge in [-0.15, -0.1) is 0 Å². The first-order valence-corrected chi connectivity index (χ1v) is 9.37. The number of hydrogen-bond donors (Lipinski definition) is 1. The molecule has 0 aromatic heterocycles. The molecule has 25 heavy (non-hydrogen) atoms. The zero-order valence-electron chi connectivity index (χ0n) is 15.1. The maximum atomic E-state index is 13.0. The van der Waals surface area contributed by atoms with Crippen molar-refractivity contribution in [2.45, 2.75) is 50.9 Å². The predicted octanol–water partition coefficient (Wildman–Crippen LogP) is 3.12. The smallest absolute Gasteiger partial charge is 0.325 e. The number of aryl methyl sites for hydroxylation is 1. The van der Waals surface area contributed by atoms with Crippen LogP contribution in [0.4, 0.5) is 0 Å². The second-order valence-electron chi connectivity index (χ2n) is 8.65. The van der Waals surface area contributed by atoms with Crippen LogP contribution < -0.4 is 5.32 Å². The molecule has 4 saturated carbocycles. The van der Waals surface area contributed by atoms with Gasteiger partial charge in [-0.2, -0.15) is 0 Å². The number of methoxy groups -OCH3 is 1. The van der Waals surface area contributed by atoms with Crippen molar-refractivity contribution in [3.05, 3.63) is 35.4 Å². The molecule has 4 nitrogen and oxygen atoms in total. The maximum absolute atomic E-state index is 13.0. The Hall–Kier alpha value is -1.84. The van der Waals surface area contributed by atoms with E-state index >= 15 is 0 Å². The quantitative estimate of drug-likeness (QED) is 0.856. The van der Waals surface area contributed by atoms with Gasteiger partial charge < -0.3 is 10.1 Å². The van der Waals surface area contributed by atoms with Crippen LogP contribution in [0.1, 0.15) is 49.7 Å². The van der Waals surface area contributed by atoms with E-state index in [1.54, 1.807) is 0 Å². The molecule has 0 saturated heterocycles. The average molecular weight is 341 g/mol. The van der Waals surface area contributed by atoms with Crippen molar-refractivity contribution >= 4 is 11.9 Å². The van der Waals surface area contributed by atoms with Crippen LogP contribution in [0.15, 0.2) is 24.3 Å². The van der Waals surface area contributed by atoms with E-state index in [2.05, 4.69) is 41.2 Å². The summed E-state index contributed by atoms with van der Waals surface area (Å²) in [6.07, 6.45) is 6.55. The van der Waals surface area contributed by atoms with Crippen LogP contribution in [-0.4, -0.2) is 25.5 Å². The highest BCUT2D eigenvalue weighted by Crippen LogP contribution is 2.65. The minimum absolute atomic E-state index is 0.0239. The molecule has 1 aromatic carbocycles. The Kier molecular flexibility index (Phi) is 3.89. The van der Waals surface area contributed by atoms with Crippen molar-refractivity contribution in [2.75, 3.05) is 13.7 Å². The Morgan fingerprint density at radius 3 is 2.36 bits per heavy atom. The molecule has 4 fully saturated rings. The van der Waals surface area contributed by atoms with Gasteiger partial charge in [0.25, 0.3) is 0 Å². The molecule has 4 bridgehead atoms. The van der Waals surface area contributed by atoms with Crippen molar-refractivity contribution in [3.63, 3.8) is 0 Å². The molecule has 5 rings (SSSR count). The summed E-state index contributed by atoms with van der Waals surface area (Å²) in [4.78, 5) is 24.4.